The van der Waals surface area contributed by atoms with Gasteiger partial charge in [0.15, 0.2) is 0 Å². The molecule has 2 rings (SSSR count). The average molecular weight is 251 g/mol. The van der Waals surface area contributed by atoms with Gasteiger partial charge in [0.25, 0.3) is 0 Å². The van der Waals surface area contributed by atoms with E-state index in [2.05, 4.69) is 23.4 Å². The number of nitrogens with one attached hydrogen (secondary N) is 1. The average Bonchev–Trinajstić information content (AvgIpc) is 2.48. The van der Waals surface area contributed by atoms with Gasteiger partial charge in [-0.2, -0.15) is 0 Å². The van der Waals surface area contributed by atoms with Crippen LogP contribution in [0, 0.1) is 12.3 Å². The van der Waals surface area contributed by atoms with E-state index in [0.717, 1.165) is 12.3 Å². The second kappa shape index (κ2) is 7.25. The molecule has 0 unspecified atom stereocenters. The summed E-state index contributed by atoms with van der Waals surface area (Å²) in [6.07, 6.45) is 5.18. The molecule has 0 aliphatic heterocycles. The smallest absolute Gasteiger partial charge is 0.119 e. The summed E-state index contributed by atoms with van der Waals surface area (Å²) in [5.74, 6) is 3.43. The van der Waals surface area contributed by atoms with Crippen LogP contribution < -0.4 is 10.1 Å². The molecule has 2 nitrogen and oxygen atoms in total. The number of terminal acetylenes is 1. The lowest BCUT2D eigenvalue weighted by Crippen LogP contribution is -2.12. The van der Waals surface area contributed by atoms with Gasteiger partial charge < -0.3 is 10.1 Å². The molecule has 2 heteroatoms. The van der Waals surface area contributed by atoms with Crippen LogP contribution in [-0.2, 0) is 13.2 Å². The molecule has 0 saturated heterocycles. The van der Waals surface area contributed by atoms with Crippen LogP contribution in [-0.4, -0.2) is 6.54 Å². The molecule has 1 N–H and O–H groups in total. The van der Waals surface area contributed by atoms with Gasteiger partial charge in [0, 0.05) is 6.54 Å². The van der Waals surface area contributed by atoms with Crippen LogP contribution in [0.1, 0.15) is 11.1 Å². The molecule has 96 valence electrons. The lowest BCUT2D eigenvalue weighted by atomic mass is 10.2. The Hall–Kier alpha value is -2.24. The van der Waals surface area contributed by atoms with Crippen molar-refractivity contribution in [3.63, 3.8) is 0 Å². The van der Waals surface area contributed by atoms with E-state index in [1.54, 1.807) is 0 Å². The van der Waals surface area contributed by atoms with Gasteiger partial charge in [-0.15, -0.1) is 6.42 Å². The van der Waals surface area contributed by atoms with Gasteiger partial charge in [-0.1, -0.05) is 48.4 Å². The Balaban J connectivity index is 1.83. The van der Waals surface area contributed by atoms with Gasteiger partial charge in [-0.05, 0) is 23.3 Å². The molecule has 0 aliphatic carbocycles. The summed E-state index contributed by atoms with van der Waals surface area (Å²) in [5.41, 5.74) is 2.37. The van der Waals surface area contributed by atoms with Gasteiger partial charge in [-0.25, -0.2) is 0 Å². The fourth-order valence-corrected chi connectivity index (χ4v) is 1.72. The zero-order valence-electron chi connectivity index (χ0n) is 10.8. The van der Waals surface area contributed by atoms with Crippen LogP contribution in [0.3, 0.4) is 0 Å². The highest BCUT2D eigenvalue weighted by Crippen LogP contribution is 2.14. The van der Waals surface area contributed by atoms with Crippen molar-refractivity contribution in [1.82, 2.24) is 5.32 Å². The quantitative estimate of drug-likeness (QED) is 0.629. The molecular weight excluding hydrogens is 234 g/mol. The zero-order chi connectivity index (χ0) is 13.3. The normalized spacial score (nSPS) is 9.84. The Labute approximate surface area is 114 Å². The zero-order valence-corrected chi connectivity index (χ0v) is 10.8. The maximum Gasteiger partial charge on any atom is 0.119 e. The minimum absolute atomic E-state index is 0.590. The molecule has 19 heavy (non-hydrogen) atoms. The van der Waals surface area contributed by atoms with Gasteiger partial charge in [0.2, 0.25) is 0 Å². The number of rotatable bonds is 6. The van der Waals surface area contributed by atoms with Gasteiger partial charge >= 0.3 is 0 Å². The molecule has 0 aliphatic rings. The maximum absolute atomic E-state index is 5.72. The monoisotopic (exact) mass is 251 g/mol. The fourth-order valence-electron chi connectivity index (χ4n) is 1.72. The fraction of sp³-hybridized carbons (Fsp3) is 0.176. The summed E-state index contributed by atoms with van der Waals surface area (Å²) in [6.45, 7) is 1.96. The molecule has 0 radical (unpaired) electrons. The van der Waals surface area contributed by atoms with E-state index in [9.17, 15) is 0 Å². The van der Waals surface area contributed by atoms with E-state index < -0.39 is 0 Å². The van der Waals surface area contributed by atoms with Crippen LogP contribution in [0.25, 0.3) is 0 Å². The van der Waals surface area contributed by atoms with E-state index >= 15 is 0 Å². The minimum Gasteiger partial charge on any atom is -0.489 e. The number of hydrogen-bond acceptors (Lipinski definition) is 2. The lowest BCUT2D eigenvalue weighted by Gasteiger charge is -2.07. The Bertz CT molecular complexity index is 525. The number of ether oxygens (including phenoxy) is 1. The second-order valence-corrected chi connectivity index (χ2v) is 4.23. The summed E-state index contributed by atoms with van der Waals surface area (Å²) in [5, 5.41) is 3.15. The molecular formula is C17H17NO. The first-order chi connectivity index (χ1) is 9.38. The van der Waals surface area contributed by atoms with E-state index in [1.807, 2.05) is 42.5 Å². The predicted octanol–water partition coefficient (Wildman–Crippen LogP) is 2.99. The van der Waals surface area contributed by atoms with E-state index in [1.165, 1.54) is 11.1 Å². The van der Waals surface area contributed by atoms with Gasteiger partial charge in [0.1, 0.15) is 12.4 Å². The van der Waals surface area contributed by atoms with Crippen LogP contribution in [0.15, 0.2) is 54.6 Å². The van der Waals surface area contributed by atoms with E-state index in [4.69, 9.17) is 11.2 Å². The first-order valence-corrected chi connectivity index (χ1v) is 6.28. The van der Waals surface area contributed by atoms with Crippen molar-refractivity contribution in [3.8, 4) is 18.1 Å². The molecule has 2 aromatic carbocycles. The van der Waals surface area contributed by atoms with Crippen LogP contribution in [0.5, 0.6) is 5.75 Å². The summed E-state index contributed by atoms with van der Waals surface area (Å²) < 4.78 is 5.72. The molecule has 0 atom stereocenters. The molecule has 2 aromatic rings. The molecule has 0 fully saturated rings. The summed E-state index contributed by atoms with van der Waals surface area (Å²) in [7, 11) is 0. The van der Waals surface area contributed by atoms with Crippen molar-refractivity contribution in [2.45, 2.75) is 13.2 Å². The Morgan fingerprint density at radius 1 is 0.947 bits per heavy atom. The minimum atomic E-state index is 0.590. The summed E-state index contributed by atoms with van der Waals surface area (Å²) >= 11 is 0. The predicted molar refractivity (Wildman–Crippen MR) is 77.8 cm³/mol. The van der Waals surface area contributed by atoms with Crippen molar-refractivity contribution < 1.29 is 4.74 Å². The molecule has 0 spiro atoms. The second-order valence-electron chi connectivity index (χ2n) is 4.23. The molecule has 0 bridgehead atoms. The Morgan fingerprint density at radius 2 is 1.68 bits per heavy atom. The molecule has 0 heterocycles. The number of benzene rings is 2. The largest absolute Gasteiger partial charge is 0.489 e. The van der Waals surface area contributed by atoms with Crippen molar-refractivity contribution in [2.24, 2.45) is 0 Å². The third-order valence-electron chi connectivity index (χ3n) is 2.73. The highest BCUT2D eigenvalue weighted by atomic mass is 16.5. The maximum atomic E-state index is 5.72. The standard InChI is InChI=1S/C17H17NO/c1-2-12-18-13-15-8-10-17(11-9-15)19-14-16-6-4-3-5-7-16/h1,3-11,18H,12-14H2. The van der Waals surface area contributed by atoms with Crippen molar-refractivity contribution in [2.75, 3.05) is 6.54 Å². The highest BCUT2D eigenvalue weighted by Gasteiger charge is 1.96. The third kappa shape index (κ3) is 4.50. The third-order valence-corrected chi connectivity index (χ3v) is 2.73. The molecule has 0 aromatic heterocycles. The summed E-state index contributed by atoms with van der Waals surface area (Å²) in [6, 6.07) is 18.2. The highest BCUT2D eigenvalue weighted by molar-refractivity contribution is 5.27. The molecule has 0 saturated carbocycles. The van der Waals surface area contributed by atoms with Crippen LogP contribution in [0.4, 0.5) is 0 Å². The molecule has 0 amide bonds. The van der Waals surface area contributed by atoms with Crippen molar-refractivity contribution in [3.05, 3.63) is 65.7 Å². The Kier molecular flexibility index (Phi) is 5.04. The van der Waals surface area contributed by atoms with Crippen LogP contribution >= 0.6 is 0 Å². The first kappa shape index (κ1) is 13.2. The lowest BCUT2D eigenvalue weighted by molar-refractivity contribution is 0.306. The van der Waals surface area contributed by atoms with E-state index in [0.29, 0.717) is 13.2 Å². The van der Waals surface area contributed by atoms with Gasteiger partial charge in [-0.3, -0.25) is 0 Å². The van der Waals surface area contributed by atoms with Crippen molar-refractivity contribution >= 4 is 0 Å². The Morgan fingerprint density at radius 3 is 2.37 bits per heavy atom. The SMILES string of the molecule is C#CCNCc1ccc(OCc2ccccc2)cc1. The van der Waals surface area contributed by atoms with Gasteiger partial charge in [0.05, 0.1) is 6.54 Å². The van der Waals surface area contributed by atoms with E-state index in [-0.39, 0.29) is 0 Å². The first-order valence-electron chi connectivity index (χ1n) is 6.28. The number of hydrogen-bond donors (Lipinski definition) is 1. The topological polar surface area (TPSA) is 21.3 Å². The van der Waals surface area contributed by atoms with Crippen molar-refractivity contribution in [1.29, 1.82) is 0 Å². The van der Waals surface area contributed by atoms with Crippen LogP contribution in [0.2, 0.25) is 0 Å². The summed E-state index contributed by atoms with van der Waals surface area (Å²) in [4.78, 5) is 0.